The molecule has 2 fully saturated rings. The van der Waals surface area contributed by atoms with E-state index in [0.29, 0.717) is 6.54 Å². The van der Waals surface area contributed by atoms with Gasteiger partial charge in [0.2, 0.25) is 5.91 Å². The lowest BCUT2D eigenvalue weighted by Gasteiger charge is -2.32. The van der Waals surface area contributed by atoms with Gasteiger partial charge in [0, 0.05) is 18.5 Å². The number of benzene rings is 2. The highest BCUT2D eigenvalue weighted by molar-refractivity contribution is 8.00. The summed E-state index contributed by atoms with van der Waals surface area (Å²) >= 11 is 2.71. The number of nitrogens with one attached hydrogen (secondary N) is 1. The maximum Gasteiger partial charge on any atom is 0.418 e. The second-order valence-corrected chi connectivity index (χ2v) is 12.0. The Morgan fingerprint density at radius 2 is 1.82 bits per heavy atom. The van der Waals surface area contributed by atoms with Gasteiger partial charge in [-0.3, -0.25) is 4.79 Å². The van der Waals surface area contributed by atoms with E-state index in [9.17, 15) is 9.59 Å². The monoisotopic (exact) mass is 550 g/mol. The first-order valence-corrected chi connectivity index (χ1v) is 15.3. The fourth-order valence-corrected chi connectivity index (χ4v) is 6.18. The molecule has 2 aliphatic rings. The molecule has 200 valence electrons. The third-order valence-corrected chi connectivity index (χ3v) is 9.15. The number of rotatable bonds is 9. The van der Waals surface area contributed by atoms with Crippen molar-refractivity contribution in [2.45, 2.75) is 74.3 Å². The topological polar surface area (TPSA) is 84.4 Å². The number of hydrogen-bond acceptors (Lipinski definition) is 7. The van der Waals surface area contributed by atoms with Crippen LogP contribution in [0.15, 0.2) is 58.9 Å². The number of thioether (sulfide) groups is 1. The van der Waals surface area contributed by atoms with Crippen LogP contribution >= 0.6 is 23.3 Å². The number of hydrogen-bond donors (Lipinski definition) is 1. The van der Waals surface area contributed by atoms with Gasteiger partial charge in [-0.2, -0.15) is 4.98 Å². The Labute approximate surface area is 232 Å². The van der Waals surface area contributed by atoms with Crippen molar-refractivity contribution in [2.75, 3.05) is 6.26 Å². The highest BCUT2D eigenvalue weighted by Crippen LogP contribution is 2.39. The average molecular weight is 551 g/mol. The standard InChI is InChI=1S/C29H34N4O3S2/c1-19(21-8-4-3-5-9-21)30-26(34)25-11-7-6-10-24(25)22-14-12-20(13-15-22)18-33(23-16-17-23)29(35)36-27-31-28(37-2)38-32-27/h3-5,8-9,12-15,19,23-25H,6-7,10-11,16-18H2,1-2H3,(H,30,34)/t19-,24-,25-/m0/s1. The lowest BCUT2D eigenvalue weighted by molar-refractivity contribution is -0.127. The first kappa shape index (κ1) is 26.7. The summed E-state index contributed by atoms with van der Waals surface area (Å²) in [6, 6.07) is 18.8. The van der Waals surface area contributed by atoms with E-state index in [4.69, 9.17) is 4.74 Å². The molecule has 2 saturated carbocycles. The van der Waals surface area contributed by atoms with Crippen molar-refractivity contribution in [1.29, 1.82) is 0 Å². The minimum Gasteiger partial charge on any atom is -0.373 e. The van der Waals surface area contributed by atoms with Gasteiger partial charge in [-0.15, -0.1) is 4.37 Å². The summed E-state index contributed by atoms with van der Waals surface area (Å²) < 4.78 is 10.4. The Morgan fingerprint density at radius 3 is 2.50 bits per heavy atom. The molecular weight excluding hydrogens is 516 g/mol. The highest BCUT2D eigenvalue weighted by atomic mass is 32.2. The lowest BCUT2D eigenvalue weighted by Crippen LogP contribution is -2.37. The molecule has 38 heavy (non-hydrogen) atoms. The smallest absolute Gasteiger partial charge is 0.373 e. The summed E-state index contributed by atoms with van der Waals surface area (Å²) in [6.45, 7) is 2.52. The van der Waals surface area contributed by atoms with E-state index in [0.717, 1.165) is 54.0 Å². The van der Waals surface area contributed by atoms with Crippen molar-refractivity contribution in [3.8, 4) is 6.01 Å². The molecule has 9 heteroatoms. The van der Waals surface area contributed by atoms with Gasteiger partial charge in [0.1, 0.15) is 0 Å². The van der Waals surface area contributed by atoms with Crippen molar-refractivity contribution < 1.29 is 14.3 Å². The molecule has 0 radical (unpaired) electrons. The van der Waals surface area contributed by atoms with Crippen LogP contribution in [0.1, 0.15) is 74.1 Å². The van der Waals surface area contributed by atoms with E-state index in [-0.39, 0.29) is 35.8 Å². The molecule has 2 aliphatic carbocycles. The van der Waals surface area contributed by atoms with Gasteiger partial charge in [0.15, 0.2) is 4.34 Å². The summed E-state index contributed by atoms with van der Waals surface area (Å²) in [4.78, 5) is 32.2. The molecule has 0 bridgehead atoms. The van der Waals surface area contributed by atoms with Gasteiger partial charge >= 0.3 is 12.1 Å². The molecule has 0 saturated heterocycles. The zero-order valence-electron chi connectivity index (χ0n) is 21.8. The number of aromatic nitrogens is 2. The fourth-order valence-electron chi connectivity index (χ4n) is 5.24. The van der Waals surface area contributed by atoms with Crippen molar-refractivity contribution >= 4 is 35.3 Å². The molecule has 3 aromatic rings. The summed E-state index contributed by atoms with van der Waals surface area (Å²) in [5, 5.41) is 3.25. The molecule has 1 aromatic heterocycles. The first-order valence-electron chi connectivity index (χ1n) is 13.3. The Hall–Kier alpha value is -2.91. The summed E-state index contributed by atoms with van der Waals surface area (Å²) in [7, 11) is 0. The largest absolute Gasteiger partial charge is 0.418 e. The van der Waals surface area contributed by atoms with Crippen molar-refractivity contribution in [3.05, 3.63) is 71.3 Å². The zero-order valence-corrected chi connectivity index (χ0v) is 23.5. The van der Waals surface area contributed by atoms with Crippen LogP contribution in [0.25, 0.3) is 0 Å². The van der Waals surface area contributed by atoms with Crippen LogP contribution in [-0.2, 0) is 11.3 Å². The maximum atomic E-state index is 13.3. The predicted octanol–water partition coefficient (Wildman–Crippen LogP) is 6.57. The number of carbonyl (C=O) groups excluding carboxylic acids is 2. The molecule has 1 N–H and O–H groups in total. The van der Waals surface area contributed by atoms with Crippen molar-refractivity contribution in [1.82, 2.24) is 19.6 Å². The predicted molar refractivity (Wildman–Crippen MR) is 150 cm³/mol. The normalized spacial score (nSPS) is 19.9. The molecule has 7 nitrogen and oxygen atoms in total. The number of ether oxygens (including phenoxy) is 1. The molecule has 2 aromatic carbocycles. The minimum atomic E-state index is -0.404. The molecule has 0 unspecified atom stereocenters. The van der Waals surface area contributed by atoms with E-state index in [2.05, 4.69) is 51.1 Å². The minimum absolute atomic E-state index is 0.0198. The molecule has 5 rings (SSSR count). The van der Waals surface area contributed by atoms with Crippen LogP contribution in [0.4, 0.5) is 4.79 Å². The van der Waals surface area contributed by atoms with Gasteiger partial charge in [-0.1, -0.05) is 79.2 Å². The van der Waals surface area contributed by atoms with E-state index < -0.39 is 6.09 Å². The quantitative estimate of drug-likeness (QED) is 0.303. The Bertz CT molecular complexity index is 1230. The third kappa shape index (κ3) is 6.56. The second-order valence-electron chi connectivity index (χ2n) is 10.2. The summed E-state index contributed by atoms with van der Waals surface area (Å²) in [5.41, 5.74) is 3.35. The molecule has 3 atom stereocenters. The highest BCUT2D eigenvalue weighted by Gasteiger charge is 2.35. The summed E-state index contributed by atoms with van der Waals surface area (Å²) in [5.74, 6) is 0.306. The fraction of sp³-hybridized carbons (Fsp3) is 0.448. The SMILES string of the molecule is CSc1nc(OC(=O)N(Cc2ccc([C@@H]3CCCC[C@@H]3C(=O)N[C@@H](C)c3ccccc3)cc2)C2CC2)ns1. The van der Waals surface area contributed by atoms with E-state index in [1.54, 1.807) is 4.90 Å². The van der Waals surface area contributed by atoms with Crippen LogP contribution in [0, 0.1) is 5.92 Å². The molecular formula is C29H34N4O3S2. The van der Waals surface area contributed by atoms with Crippen molar-refractivity contribution in [2.24, 2.45) is 5.92 Å². The Morgan fingerprint density at radius 1 is 1.08 bits per heavy atom. The van der Waals surface area contributed by atoms with Crippen LogP contribution in [0.2, 0.25) is 0 Å². The lowest BCUT2D eigenvalue weighted by atomic mass is 9.74. The molecule has 2 amide bonds. The van der Waals surface area contributed by atoms with Gasteiger partial charge in [0.25, 0.3) is 0 Å². The van der Waals surface area contributed by atoms with E-state index >= 15 is 0 Å². The number of carbonyl (C=O) groups is 2. The molecule has 0 aliphatic heterocycles. The molecule has 1 heterocycles. The third-order valence-electron chi connectivity index (χ3n) is 7.49. The van der Waals surface area contributed by atoms with Crippen LogP contribution in [0.3, 0.4) is 0 Å². The first-order chi connectivity index (χ1) is 18.5. The van der Waals surface area contributed by atoms with E-state index in [1.807, 2.05) is 31.4 Å². The number of amides is 2. The van der Waals surface area contributed by atoms with E-state index in [1.165, 1.54) is 28.9 Å². The van der Waals surface area contributed by atoms with Gasteiger partial charge in [-0.05, 0) is 73.0 Å². The maximum absolute atomic E-state index is 13.3. The number of nitrogens with zero attached hydrogens (tertiary/aromatic N) is 3. The van der Waals surface area contributed by atoms with Crippen LogP contribution < -0.4 is 10.1 Å². The van der Waals surface area contributed by atoms with Crippen molar-refractivity contribution in [3.63, 3.8) is 0 Å². The van der Waals surface area contributed by atoms with Crippen LogP contribution in [-0.4, -0.2) is 38.6 Å². The summed E-state index contributed by atoms with van der Waals surface area (Å²) in [6.07, 6.45) is 7.60. The van der Waals surface area contributed by atoms with Gasteiger partial charge in [0.05, 0.1) is 6.04 Å². The Kier molecular flexibility index (Phi) is 8.64. The average Bonchev–Trinajstić information content (AvgIpc) is 3.70. The van der Waals surface area contributed by atoms with Crippen LogP contribution in [0.5, 0.6) is 6.01 Å². The zero-order chi connectivity index (χ0) is 26.5. The molecule has 0 spiro atoms. The Balaban J connectivity index is 1.23. The van der Waals surface area contributed by atoms with Gasteiger partial charge < -0.3 is 15.0 Å². The van der Waals surface area contributed by atoms with Gasteiger partial charge in [-0.25, -0.2) is 4.79 Å². The second kappa shape index (κ2) is 12.3.